The van der Waals surface area contributed by atoms with E-state index in [4.69, 9.17) is 0 Å². The highest BCUT2D eigenvalue weighted by atomic mass is 19.1. The van der Waals surface area contributed by atoms with E-state index < -0.39 is 0 Å². The zero-order valence-corrected chi connectivity index (χ0v) is 13.4. The van der Waals surface area contributed by atoms with Crippen molar-refractivity contribution in [1.29, 1.82) is 0 Å². The van der Waals surface area contributed by atoms with Gasteiger partial charge in [0, 0.05) is 11.3 Å². The number of benzene rings is 2. The van der Waals surface area contributed by atoms with E-state index in [1.807, 2.05) is 12.1 Å². The van der Waals surface area contributed by atoms with Crippen molar-refractivity contribution in [1.82, 2.24) is 20.2 Å². The molecule has 0 unspecified atom stereocenters. The molecule has 2 aromatic carbocycles. The third-order valence-corrected chi connectivity index (χ3v) is 4.22. The predicted molar refractivity (Wildman–Crippen MR) is 90.3 cm³/mol. The molecule has 7 heteroatoms. The van der Waals surface area contributed by atoms with Crippen molar-refractivity contribution in [2.24, 2.45) is 0 Å². The van der Waals surface area contributed by atoms with Crippen LogP contribution < -0.4 is 5.32 Å². The van der Waals surface area contributed by atoms with Gasteiger partial charge in [-0.05, 0) is 72.0 Å². The van der Waals surface area contributed by atoms with Gasteiger partial charge in [-0.2, -0.15) is 4.80 Å². The fraction of sp³-hybridized carbons (Fsp3) is 0.222. The van der Waals surface area contributed by atoms with Crippen LogP contribution in [0.2, 0.25) is 0 Å². The second-order valence-electron chi connectivity index (χ2n) is 6.04. The lowest BCUT2D eigenvalue weighted by atomic mass is 10.1. The molecular weight excluding hydrogens is 321 g/mol. The van der Waals surface area contributed by atoms with E-state index in [-0.39, 0.29) is 18.3 Å². The van der Waals surface area contributed by atoms with Crippen molar-refractivity contribution >= 4 is 11.6 Å². The summed E-state index contributed by atoms with van der Waals surface area (Å²) in [6.45, 7) is -0.0364. The third kappa shape index (κ3) is 3.40. The van der Waals surface area contributed by atoms with Crippen LogP contribution >= 0.6 is 0 Å². The van der Waals surface area contributed by atoms with Gasteiger partial charge in [-0.15, -0.1) is 10.2 Å². The van der Waals surface area contributed by atoms with Gasteiger partial charge in [0.05, 0.1) is 0 Å². The Morgan fingerprint density at radius 2 is 1.92 bits per heavy atom. The summed E-state index contributed by atoms with van der Waals surface area (Å²) < 4.78 is 13.0. The number of anilines is 1. The predicted octanol–water partition coefficient (Wildman–Crippen LogP) is 2.61. The van der Waals surface area contributed by atoms with Crippen molar-refractivity contribution in [2.75, 3.05) is 5.32 Å². The Kier molecular flexibility index (Phi) is 3.97. The van der Waals surface area contributed by atoms with Crippen LogP contribution in [0.3, 0.4) is 0 Å². The SMILES string of the molecule is O=C(Cn1nnc(-c2ccc(F)cc2)n1)Nc1ccc2c(c1)CCC2. The lowest BCUT2D eigenvalue weighted by Crippen LogP contribution is -2.20. The Labute approximate surface area is 143 Å². The summed E-state index contributed by atoms with van der Waals surface area (Å²) in [7, 11) is 0. The number of aromatic nitrogens is 4. The van der Waals surface area contributed by atoms with Crippen LogP contribution in [0.5, 0.6) is 0 Å². The minimum Gasteiger partial charge on any atom is -0.324 e. The number of rotatable bonds is 4. The van der Waals surface area contributed by atoms with Crippen LogP contribution in [0.4, 0.5) is 10.1 Å². The Bertz CT molecular complexity index is 919. The van der Waals surface area contributed by atoms with Gasteiger partial charge in [0.1, 0.15) is 12.4 Å². The summed E-state index contributed by atoms with van der Waals surface area (Å²) in [4.78, 5) is 13.4. The quantitative estimate of drug-likeness (QED) is 0.794. The molecule has 1 aromatic heterocycles. The molecule has 3 aromatic rings. The number of nitrogens with one attached hydrogen (secondary N) is 1. The summed E-state index contributed by atoms with van der Waals surface area (Å²) in [6, 6.07) is 11.8. The summed E-state index contributed by atoms with van der Waals surface area (Å²) in [6.07, 6.45) is 3.34. The van der Waals surface area contributed by atoms with E-state index in [0.717, 1.165) is 18.5 Å². The lowest BCUT2D eigenvalue weighted by molar-refractivity contribution is -0.117. The first kappa shape index (κ1) is 15.4. The largest absolute Gasteiger partial charge is 0.324 e. The number of aryl methyl sites for hydroxylation is 2. The highest BCUT2D eigenvalue weighted by molar-refractivity contribution is 5.90. The molecule has 0 radical (unpaired) electrons. The number of hydrogen-bond donors (Lipinski definition) is 1. The summed E-state index contributed by atoms with van der Waals surface area (Å²) >= 11 is 0. The molecule has 0 spiro atoms. The molecule has 1 N–H and O–H groups in total. The van der Waals surface area contributed by atoms with Crippen molar-refractivity contribution in [3.63, 3.8) is 0 Å². The maximum absolute atomic E-state index is 13.0. The third-order valence-electron chi connectivity index (χ3n) is 4.22. The zero-order valence-electron chi connectivity index (χ0n) is 13.4. The smallest absolute Gasteiger partial charge is 0.248 e. The lowest BCUT2D eigenvalue weighted by Gasteiger charge is -2.06. The van der Waals surface area contributed by atoms with Crippen molar-refractivity contribution in [3.05, 3.63) is 59.4 Å². The molecule has 0 atom stereocenters. The molecule has 0 saturated carbocycles. The molecular formula is C18H16FN5O. The molecule has 0 aliphatic heterocycles. The van der Waals surface area contributed by atoms with E-state index >= 15 is 0 Å². The molecule has 25 heavy (non-hydrogen) atoms. The first-order valence-electron chi connectivity index (χ1n) is 8.13. The maximum Gasteiger partial charge on any atom is 0.248 e. The number of hydrogen-bond acceptors (Lipinski definition) is 4. The Hall–Kier alpha value is -3.09. The topological polar surface area (TPSA) is 72.7 Å². The molecule has 4 rings (SSSR count). The number of carbonyl (C=O) groups excluding carboxylic acids is 1. The molecule has 1 aliphatic rings. The highest BCUT2D eigenvalue weighted by Crippen LogP contribution is 2.24. The first-order chi connectivity index (χ1) is 12.2. The van der Waals surface area contributed by atoms with Crippen LogP contribution in [-0.2, 0) is 24.2 Å². The maximum atomic E-state index is 13.0. The molecule has 1 heterocycles. The monoisotopic (exact) mass is 337 g/mol. The van der Waals surface area contributed by atoms with Gasteiger partial charge in [0.2, 0.25) is 11.7 Å². The average Bonchev–Trinajstić information content (AvgIpc) is 3.24. The molecule has 6 nitrogen and oxygen atoms in total. The van der Waals surface area contributed by atoms with Crippen molar-refractivity contribution < 1.29 is 9.18 Å². The molecule has 0 bridgehead atoms. The normalized spacial score (nSPS) is 12.8. The van der Waals surface area contributed by atoms with Gasteiger partial charge in [-0.1, -0.05) is 6.07 Å². The van der Waals surface area contributed by atoms with Gasteiger partial charge in [0.15, 0.2) is 0 Å². The van der Waals surface area contributed by atoms with Crippen LogP contribution in [0.25, 0.3) is 11.4 Å². The molecule has 126 valence electrons. The fourth-order valence-electron chi connectivity index (χ4n) is 3.00. The van der Waals surface area contributed by atoms with E-state index in [0.29, 0.717) is 11.4 Å². The molecule has 0 fully saturated rings. The van der Waals surface area contributed by atoms with Gasteiger partial charge < -0.3 is 5.32 Å². The highest BCUT2D eigenvalue weighted by Gasteiger charge is 2.13. The van der Waals surface area contributed by atoms with Gasteiger partial charge in [-0.25, -0.2) is 4.39 Å². The summed E-state index contributed by atoms with van der Waals surface area (Å²) in [5.41, 5.74) is 4.09. The number of carbonyl (C=O) groups is 1. The summed E-state index contributed by atoms with van der Waals surface area (Å²) in [5, 5.41) is 14.8. The number of fused-ring (bicyclic) bond motifs is 1. The number of amides is 1. The second kappa shape index (κ2) is 6.43. The van der Waals surface area contributed by atoms with E-state index in [9.17, 15) is 9.18 Å². The van der Waals surface area contributed by atoms with Gasteiger partial charge >= 0.3 is 0 Å². The van der Waals surface area contributed by atoms with Crippen LogP contribution in [0.1, 0.15) is 17.5 Å². The molecule has 1 aliphatic carbocycles. The van der Waals surface area contributed by atoms with E-state index in [1.165, 1.54) is 34.5 Å². The van der Waals surface area contributed by atoms with Crippen LogP contribution in [-0.4, -0.2) is 26.1 Å². The average molecular weight is 337 g/mol. The minimum absolute atomic E-state index is 0.0364. The standard InChI is InChI=1S/C18H16FN5O/c19-15-7-4-13(5-8-15)18-21-23-24(22-18)11-17(25)20-16-9-6-12-2-1-3-14(12)10-16/h4-10H,1-3,11H2,(H,20,25). The van der Waals surface area contributed by atoms with Gasteiger partial charge in [-0.3, -0.25) is 4.79 Å². The fourth-order valence-corrected chi connectivity index (χ4v) is 3.00. The number of tetrazole rings is 1. The minimum atomic E-state index is -0.329. The second-order valence-corrected chi connectivity index (χ2v) is 6.04. The van der Waals surface area contributed by atoms with Gasteiger partial charge in [0.25, 0.3) is 0 Å². The Morgan fingerprint density at radius 3 is 2.76 bits per heavy atom. The molecule has 0 saturated heterocycles. The number of nitrogens with zero attached hydrogens (tertiary/aromatic N) is 4. The van der Waals surface area contributed by atoms with Crippen LogP contribution in [0.15, 0.2) is 42.5 Å². The van der Waals surface area contributed by atoms with Crippen molar-refractivity contribution in [3.8, 4) is 11.4 Å². The molecule has 1 amide bonds. The number of halogens is 1. The summed E-state index contributed by atoms with van der Waals surface area (Å²) in [5.74, 6) is -0.198. The first-order valence-corrected chi connectivity index (χ1v) is 8.13. The van der Waals surface area contributed by atoms with E-state index in [2.05, 4.69) is 26.8 Å². The van der Waals surface area contributed by atoms with E-state index in [1.54, 1.807) is 12.1 Å². The Morgan fingerprint density at radius 1 is 1.12 bits per heavy atom. The van der Waals surface area contributed by atoms with Crippen LogP contribution in [0, 0.1) is 5.82 Å². The zero-order chi connectivity index (χ0) is 17.2. The van der Waals surface area contributed by atoms with Crippen molar-refractivity contribution in [2.45, 2.75) is 25.8 Å². The Balaban J connectivity index is 1.42.